The van der Waals surface area contributed by atoms with Crippen LogP contribution in [0.25, 0.3) is 22.2 Å². The number of halogens is 3. The van der Waals surface area contributed by atoms with Gasteiger partial charge in [-0.2, -0.15) is 23.1 Å². The summed E-state index contributed by atoms with van der Waals surface area (Å²) in [5.41, 5.74) is 4.09. The van der Waals surface area contributed by atoms with E-state index in [2.05, 4.69) is 30.9 Å². The number of esters is 1. The van der Waals surface area contributed by atoms with Crippen LogP contribution < -0.4 is 20.9 Å². The number of imidazole rings is 1. The number of benzene rings is 3. The van der Waals surface area contributed by atoms with Crippen LogP contribution in [-0.2, 0) is 14.3 Å². The molecule has 0 unspecified atom stereocenters. The van der Waals surface area contributed by atoms with Crippen molar-refractivity contribution in [1.29, 1.82) is 0 Å². The smallest absolute Gasteiger partial charge is 0.451 e. The Morgan fingerprint density at radius 3 is 2.27 bits per heavy atom. The molecule has 0 radical (unpaired) electrons. The van der Waals surface area contributed by atoms with Crippen LogP contribution in [0.3, 0.4) is 0 Å². The zero-order valence-corrected chi connectivity index (χ0v) is 32.3. The Kier molecular flexibility index (Phi) is 11.3. The van der Waals surface area contributed by atoms with Crippen molar-refractivity contribution in [1.82, 2.24) is 40.1 Å². The number of amides is 2. The Bertz CT molecular complexity index is 2470. The molecule has 4 heterocycles. The number of carbonyl (C=O) groups is 3. The van der Waals surface area contributed by atoms with Crippen LogP contribution in [0.4, 0.5) is 24.9 Å². The Hall–Kier alpha value is -6.69. The summed E-state index contributed by atoms with van der Waals surface area (Å²) in [5.74, 6) is -2.85. The molecule has 0 spiro atoms. The maximum atomic E-state index is 13.4. The molecule has 5 atom stereocenters. The first-order chi connectivity index (χ1) is 29.0. The topological polar surface area (TPSA) is 189 Å². The molecule has 2 aliphatic rings. The van der Waals surface area contributed by atoms with E-state index in [1.54, 1.807) is 13.0 Å². The van der Waals surface area contributed by atoms with Gasteiger partial charge in [0.05, 0.1) is 35.6 Å². The fourth-order valence-electron chi connectivity index (χ4n) is 7.86. The first-order valence-electron chi connectivity index (χ1n) is 19.6. The second-order valence-electron chi connectivity index (χ2n) is 14.8. The summed E-state index contributed by atoms with van der Waals surface area (Å²) < 4.78 is 46.4. The molecule has 1 saturated carbocycles. The van der Waals surface area contributed by atoms with Crippen molar-refractivity contribution in [2.75, 3.05) is 29.9 Å². The molecule has 3 aromatic carbocycles. The first kappa shape index (κ1) is 40.1. The van der Waals surface area contributed by atoms with Gasteiger partial charge in [0.15, 0.2) is 23.1 Å². The van der Waals surface area contributed by atoms with Crippen LogP contribution >= 0.6 is 0 Å². The van der Waals surface area contributed by atoms with Gasteiger partial charge in [-0.05, 0) is 36.1 Å². The van der Waals surface area contributed by atoms with Gasteiger partial charge in [0.2, 0.25) is 11.9 Å². The third-order valence-electron chi connectivity index (χ3n) is 10.9. The normalized spacial score (nSPS) is 20.4. The Morgan fingerprint density at radius 2 is 1.58 bits per heavy atom. The fraction of sp³-hybridized carbons (Fsp3) is 0.333. The monoisotopic (exact) mass is 822 g/mol. The molecule has 18 heteroatoms. The van der Waals surface area contributed by atoms with Crippen LogP contribution in [0.2, 0.25) is 0 Å². The van der Waals surface area contributed by atoms with E-state index in [-0.39, 0.29) is 48.0 Å². The van der Waals surface area contributed by atoms with Gasteiger partial charge in [0.25, 0.3) is 5.91 Å². The summed E-state index contributed by atoms with van der Waals surface area (Å²) in [4.78, 5) is 63.0. The predicted octanol–water partition coefficient (Wildman–Crippen LogP) is 4.70. The lowest BCUT2D eigenvalue weighted by atomic mass is 9.91. The van der Waals surface area contributed by atoms with Gasteiger partial charge in [0.1, 0.15) is 11.8 Å². The van der Waals surface area contributed by atoms with Crippen LogP contribution in [0.1, 0.15) is 59.8 Å². The van der Waals surface area contributed by atoms with E-state index < -0.39 is 42.3 Å². The van der Waals surface area contributed by atoms with E-state index >= 15 is 0 Å². The molecule has 3 aromatic heterocycles. The molecule has 1 aliphatic heterocycles. The van der Waals surface area contributed by atoms with Gasteiger partial charge in [-0.15, -0.1) is 0 Å². The average molecular weight is 823 g/mol. The number of hydrogen-bond acceptors (Lipinski definition) is 12. The number of aliphatic hydroxyl groups is 1. The summed E-state index contributed by atoms with van der Waals surface area (Å²) >= 11 is 0. The molecule has 0 bridgehead atoms. The summed E-state index contributed by atoms with van der Waals surface area (Å²) in [6.07, 6.45) is -5.44. The second kappa shape index (κ2) is 16.9. The molecule has 310 valence electrons. The fourth-order valence-corrected chi connectivity index (χ4v) is 7.86. The maximum absolute atomic E-state index is 13.4. The second-order valence-corrected chi connectivity index (χ2v) is 14.8. The van der Waals surface area contributed by atoms with E-state index in [0.717, 1.165) is 11.1 Å². The number of nitrogens with one attached hydrogen (secondary N) is 3. The highest BCUT2D eigenvalue weighted by Crippen LogP contribution is 2.38. The summed E-state index contributed by atoms with van der Waals surface area (Å²) in [7, 11) is 0. The summed E-state index contributed by atoms with van der Waals surface area (Å²) in [6, 6.07) is 24.7. The highest BCUT2D eigenvalue weighted by atomic mass is 19.4. The van der Waals surface area contributed by atoms with Crippen LogP contribution in [0.5, 0.6) is 0 Å². The number of alkyl halides is 3. The highest BCUT2D eigenvalue weighted by molar-refractivity contribution is 5.94. The minimum atomic E-state index is -5.32. The molecule has 6 aromatic rings. The minimum absolute atomic E-state index is 0.0106. The number of nitrogens with zero attached hydrogens (tertiary/aromatic N) is 7. The number of aromatic nitrogens is 6. The van der Waals surface area contributed by atoms with Crippen molar-refractivity contribution >= 4 is 51.7 Å². The number of para-hydroxylation sites is 2. The molecule has 1 saturated heterocycles. The Balaban J connectivity index is 1.12. The van der Waals surface area contributed by atoms with Crippen molar-refractivity contribution in [3.63, 3.8) is 0 Å². The van der Waals surface area contributed by atoms with E-state index in [9.17, 15) is 32.7 Å². The molecule has 2 fully saturated rings. The summed E-state index contributed by atoms with van der Waals surface area (Å²) in [6.45, 7) is 2.73. The van der Waals surface area contributed by atoms with E-state index in [1.165, 1.54) is 17.1 Å². The van der Waals surface area contributed by atoms with Gasteiger partial charge >= 0.3 is 12.1 Å². The number of rotatable bonds is 12. The van der Waals surface area contributed by atoms with Gasteiger partial charge in [-0.1, -0.05) is 79.7 Å². The largest absolute Gasteiger partial charge is 0.490 e. The van der Waals surface area contributed by atoms with E-state index in [1.807, 2.05) is 83.8 Å². The van der Waals surface area contributed by atoms with E-state index in [4.69, 9.17) is 14.7 Å². The number of aliphatic hydroxyl groups excluding tert-OH is 1. The lowest BCUT2D eigenvalue weighted by Gasteiger charge is -2.24. The third-order valence-corrected chi connectivity index (χ3v) is 10.9. The van der Waals surface area contributed by atoms with Gasteiger partial charge in [0, 0.05) is 38.0 Å². The van der Waals surface area contributed by atoms with Crippen molar-refractivity contribution in [3.05, 3.63) is 114 Å². The zero-order chi connectivity index (χ0) is 42.0. The minimum Gasteiger partial charge on any atom is -0.451 e. The average Bonchev–Trinajstić information content (AvgIpc) is 3.98. The van der Waals surface area contributed by atoms with Gasteiger partial charge in [-0.25, -0.2) is 14.8 Å². The standard InChI is InChI=1S/C42H41F3N10O5/c1-2-33(56)51-30-19-32(35(57)36(30)60-40(59)42(43,44)45)55-23-48-34-37(47-20-27(24-11-5-3-6-12-24)25-13-7-4-8-14-25)52-41(53-38(34)55)54-18-17-26(22-54)49-39(58)31-21-46-28-15-9-10-16-29(28)50-31/h3-16,21,23,26-27,30,32,35-36,57H,2,17-20,22H2,1H3,(H,49,58)(H,51,56)(H,47,52,53)/t26-,30+,32-,35+,36-/m1/s1. The molecular weight excluding hydrogens is 782 g/mol. The lowest BCUT2D eigenvalue weighted by Crippen LogP contribution is -2.47. The maximum Gasteiger partial charge on any atom is 0.490 e. The first-order valence-corrected chi connectivity index (χ1v) is 19.6. The molecule has 4 N–H and O–H groups in total. The Labute approximate surface area is 341 Å². The number of hydrogen-bond donors (Lipinski definition) is 4. The number of anilines is 2. The molecule has 2 amide bonds. The van der Waals surface area contributed by atoms with Crippen LogP contribution in [0.15, 0.2) is 97.5 Å². The lowest BCUT2D eigenvalue weighted by molar-refractivity contribution is -0.209. The molecule has 60 heavy (non-hydrogen) atoms. The predicted molar refractivity (Wildman–Crippen MR) is 214 cm³/mol. The quantitative estimate of drug-likeness (QED) is 0.125. The van der Waals surface area contributed by atoms with Gasteiger partial charge < -0.3 is 35.3 Å². The van der Waals surface area contributed by atoms with Gasteiger partial charge in [-0.3, -0.25) is 14.6 Å². The number of ether oxygens (including phenoxy) is 1. The Morgan fingerprint density at radius 1 is 0.900 bits per heavy atom. The number of carbonyl (C=O) groups excluding carboxylic acids is 3. The zero-order valence-electron chi connectivity index (χ0n) is 32.3. The molecule has 15 nitrogen and oxygen atoms in total. The van der Waals surface area contributed by atoms with Crippen molar-refractivity contribution in [3.8, 4) is 0 Å². The number of fused-ring (bicyclic) bond motifs is 2. The SMILES string of the molecule is CCC(=O)N[C@H]1C[C@@H](n2cnc3c(NCC(c4ccccc4)c4ccccc4)nc(N4CC[C@@H](NC(=O)c5cnc6ccccc6n5)C4)nc32)[C@H](O)[C@@H]1OC(=O)C(F)(F)F. The molecule has 8 rings (SSSR count). The molecule has 1 aliphatic carbocycles. The van der Waals surface area contributed by atoms with Crippen molar-refractivity contribution in [2.45, 2.75) is 68.6 Å². The highest BCUT2D eigenvalue weighted by Gasteiger charge is 2.51. The summed E-state index contributed by atoms with van der Waals surface area (Å²) in [5, 5.41) is 20.7. The van der Waals surface area contributed by atoms with Crippen LogP contribution in [0, 0.1) is 0 Å². The third kappa shape index (κ3) is 8.40. The van der Waals surface area contributed by atoms with Crippen molar-refractivity contribution in [2.24, 2.45) is 0 Å². The molecular formula is C42H41F3N10O5. The van der Waals surface area contributed by atoms with Crippen LogP contribution in [-0.4, -0.2) is 102 Å². The van der Waals surface area contributed by atoms with E-state index in [0.29, 0.717) is 48.4 Å². The van der Waals surface area contributed by atoms with Crippen molar-refractivity contribution < 1.29 is 37.4 Å².